The minimum absolute atomic E-state index is 0.162. The van der Waals surface area contributed by atoms with E-state index < -0.39 is 6.10 Å². The molecule has 2 heterocycles. The molecule has 1 unspecified atom stereocenters. The van der Waals surface area contributed by atoms with E-state index in [-0.39, 0.29) is 11.3 Å². The predicted octanol–water partition coefficient (Wildman–Crippen LogP) is 3.95. The molecule has 1 saturated heterocycles. The number of thiazole rings is 1. The predicted molar refractivity (Wildman–Crippen MR) is 118 cm³/mol. The second-order valence-electron chi connectivity index (χ2n) is 8.55. The third kappa shape index (κ3) is 5.28. The van der Waals surface area contributed by atoms with Crippen LogP contribution >= 0.6 is 11.3 Å². The Labute approximate surface area is 176 Å². The van der Waals surface area contributed by atoms with Gasteiger partial charge in [-0.05, 0) is 42.9 Å². The van der Waals surface area contributed by atoms with Crippen molar-refractivity contribution in [3.05, 3.63) is 29.1 Å². The van der Waals surface area contributed by atoms with Crippen LogP contribution in [0.3, 0.4) is 0 Å². The Kier molecular flexibility index (Phi) is 6.80. The molecular weight excluding hydrogens is 386 g/mol. The molecule has 7 heteroatoms. The van der Waals surface area contributed by atoms with Crippen LogP contribution in [-0.2, 0) is 0 Å². The number of anilines is 1. The number of amides is 1. The van der Waals surface area contributed by atoms with E-state index in [4.69, 9.17) is 9.72 Å². The summed E-state index contributed by atoms with van der Waals surface area (Å²) in [6.07, 6.45) is 2.47. The molecule has 2 aromatic rings. The highest BCUT2D eigenvalue weighted by Crippen LogP contribution is 2.35. The number of aromatic nitrogens is 1. The van der Waals surface area contributed by atoms with Crippen LogP contribution in [0.2, 0.25) is 0 Å². The summed E-state index contributed by atoms with van der Waals surface area (Å²) >= 11 is 1.63. The highest BCUT2D eigenvalue weighted by Gasteiger charge is 2.22. The molecule has 1 aliphatic rings. The van der Waals surface area contributed by atoms with Gasteiger partial charge in [0.25, 0.3) is 5.91 Å². The summed E-state index contributed by atoms with van der Waals surface area (Å²) in [6.45, 7) is 8.48. The lowest BCUT2D eigenvalue weighted by Gasteiger charge is -2.25. The molecule has 0 saturated carbocycles. The summed E-state index contributed by atoms with van der Waals surface area (Å²) in [5.41, 5.74) is 2.00. The van der Waals surface area contributed by atoms with Gasteiger partial charge >= 0.3 is 0 Å². The number of hydrogen-bond donors (Lipinski definition) is 2. The topological polar surface area (TPSA) is 74.7 Å². The van der Waals surface area contributed by atoms with Crippen molar-refractivity contribution < 1.29 is 14.6 Å². The van der Waals surface area contributed by atoms with Crippen LogP contribution < -0.4 is 15.0 Å². The number of rotatable bonds is 7. The summed E-state index contributed by atoms with van der Waals surface area (Å²) in [5, 5.41) is 16.1. The zero-order chi connectivity index (χ0) is 21.0. The minimum Gasteiger partial charge on any atom is -0.496 e. The number of methoxy groups -OCH3 is 1. The van der Waals surface area contributed by atoms with Crippen LogP contribution in [0.15, 0.2) is 23.6 Å². The zero-order valence-electron chi connectivity index (χ0n) is 17.7. The molecule has 29 heavy (non-hydrogen) atoms. The van der Waals surface area contributed by atoms with Crippen LogP contribution in [0.25, 0.3) is 11.3 Å². The van der Waals surface area contributed by atoms with Gasteiger partial charge < -0.3 is 20.1 Å². The summed E-state index contributed by atoms with van der Waals surface area (Å²) in [4.78, 5) is 19.7. The van der Waals surface area contributed by atoms with Crippen molar-refractivity contribution >= 4 is 22.4 Å². The van der Waals surface area contributed by atoms with E-state index in [1.54, 1.807) is 24.5 Å². The molecule has 1 amide bonds. The Bertz CT molecular complexity index is 838. The van der Waals surface area contributed by atoms with E-state index in [1.807, 2.05) is 38.3 Å². The fourth-order valence-electron chi connectivity index (χ4n) is 3.35. The highest BCUT2D eigenvalue weighted by atomic mass is 32.1. The summed E-state index contributed by atoms with van der Waals surface area (Å²) < 4.78 is 5.51. The fourth-order valence-corrected chi connectivity index (χ4v) is 4.23. The quantitative estimate of drug-likeness (QED) is 0.714. The third-order valence-electron chi connectivity index (χ3n) is 5.31. The molecule has 1 aliphatic heterocycles. The molecule has 0 spiro atoms. The number of ether oxygens (including phenoxy) is 1. The van der Waals surface area contributed by atoms with E-state index in [0.29, 0.717) is 24.3 Å². The molecule has 1 atom stereocenters. The van der Waals surface area contributed by atoms with Gasteiger partial charge in [0, 0.05) is 36.1 Å². The van der Waals surface area contributed by atoms with Crippen molar-refractivity contribution in [2.24, 2.45) is 5.41 Å². The van der Waals surface area contributed by atoms with Gasteiger partial charge in [0.15, 0.2) is 5.13 Å². The van der Waals surface area contributed by atoms with Gasteiger partial charge in [0.1, 0.15) is 5.75 Å². The normalized spacial score (nSPS) is 15.4. The minimum atomic E-state index is -0.465. The molecule has 2 N–H and O–H groups in total. The molecule has 6 nitrogen and oxygen atoms in total. The maximum Gasteiger partial charge on any atom is 0.251 e. The van der Waals surface area contributed by atoms with Crippen LogP contribution in [0, 0.1) is 5.41 Å². The Morgan fingerprint density at radius 1 is 1.34 bits per heavy atom. The number of carbonyl (C=O) groups is 1. The number of benzene rings is 1. The molecule has 0 bridgehead atoms. The third-order valence-corrected chi connectivity index (χ3v) is 6.21. The maximum absolute atomic E-state index is 12.6. The Morgan fingerprint density at radius 2 is 2.07 bits per heavy atom. The molecule has 0 aliphatic carbocycles. The van der Waals surface area contributed by atoms with Gasteiger partial charge in [0.05, 0.1) is 18.9 Å². The van der Waals surface area contributed by atoms with E-state index in [9.17, 15) is 9.90 Å². The first-order chi connectivity index (χ1) is 13.8. The fraction of sp³-hybridized carbons (Fsp3) is 0.545. The molecule has 158 valence electrons. The van der Waals surface area contributed by atoms with Gasteiger partial charge in [-0.15, -0.1) is 11.3 Å². The van der Waals surface area contributed by atoms with Gasteiger partial charge in [0.2, 0.25) is 0 Å². The van der Waals surface area contributed by atoms with Crippen molar-refractivity contribution in [3.63, 3.8) is 0 Å². The van der Waals surface area contributed by atoms with Crippen molar-refractivity contribution in [2.75, 3.05) is 31.6 Å². The van der Waals surface area contributed by atoms with Crippen molar-refractivity contribution in [1.82, 2.24) is 10.3 Å². The van der Waals surface area contributed by atoms with E-state index >= 15 is 0 Å². The molecule has 1 aromatic heterocycles. The molecule has 3 rings (SSSR count). The second-order valence-corrected chi connectivity index (χ2v) is 9.39. The first kappa shape index (κ1) is 21.6. The molecule has 0 radical (unpaired) electrons. The number of nitrogens with zero attached hydrogens (tertiary/aromatic N) is 2. The maximum atomic E-state index is 12.6. The average molecular weight is 418 g/mol. The lowest BCUT2D eigenvalue weighted by molar-refractivity contribution is 0.0551. The smallest absolute Gasteiger partial charge is 0.251 e. The number of carbonyl (C=O) groups excluding carboxylic acids is 1. The Hall–Kier alpha value is -2.12. The lowest BCUT2D eigenvalue weighted by Crippen LogP contribution is -2.32. The van der Waals surface area contributed by atoms with Gasteiger partial charge in [-0.25, -0.2) is 4.98 Å². The lowest BCUT2D eigenvalue weighted by atomic mass is 9.87. The summed E-state index contributed by atoms with van der Waals surface area (Å²) in [6, 6.07) is 5.39. The van der Waals surface area contributed by atoms with Gasteiger partial charge in [-0.2, -0.15) is 0 Å². The monoisotopic (exact) mass is 417 g/mol. The van der Waals surface area contributed by atoms with Crippen molar-refractivity contribution in [3.8, 4) is 17.0 Å². The first-order valence-corrected chi connectivity index (χ1v) is 11.0. The number of nitrogens with one attached hydrogen (secondary N) is 1. The summed E-state index contributed by atoms with van der Waals surface area (Å²) in [5.74, 6) is 0.535. The number of aliphatic hydroxyl groups is 1. The number of hydrogen-bond acceptors (Lipinski definition) is 6. The van der Waals surface area contributed by atoms with Gasteiger partial charge in [-0.1, -0.05) is 20.8 Å². The zero-order valence-corrected chi connectivity index (χ0v) is 18.5. The van der Waals surface area contributed by atoms with E-state index in [2.05, 4.69) is 10.2 Å². The van der Waals surface area contributed by atoms with E-state index in [1.165, 1.54) is 12.8 Å². The van der Waals surface area contributed by atoms with Gasteiger partial charge in [-0.3, -0.25) is 4.79 Å². The molecule has 1 aromatic carbocycles. The SMILES string of the molecule is COc1ccc(C(=O)NCCC(O)C(C)(C)C)cc1-c1csc(N2CCCC2)n1. The largest absolute Gasteiger partial charge is 0.496 e. The number of aliphatic hydroxyl groups excluding tert-OH is 1. The Morgan fingerprint density at radius 3 is 2.72 bits per heavy atom. The van der Waals surface area contributed by atoms with Crippen molar-refractivity contribution in [1.29, 1.82) is 0 Å². The Balaban J connectivity index is 1.72. The van der Waals surface area contributed by atoms with Crippen LogP contribution in [0.5, 0.6) is 5.75 Å². The van der Waals surface area contributed by atoms with Crippen molar-refractivity contribution in [2.45, 2.75) is 46.1 Å². The van der Waals surface area contributed by atoms with Crippen LogP contribution in [0.1, 0.15) is 50.4 Å². The molecule has 1 fully saturated rings. The van der Waals surface area contributed by atoms with Crippen LogP contribution in [0.4, 0.5) is 5.13 Å². The first-order valence-electron chi connectivity index (χ1n) is 10.1. The average Bonchev–Trinajstić information content (AvgIpc) is 3.38. The standard InChI is InChI=1S/C22H31N3O3S/c1-22(2,3)19(26)9-10-23-20(27)15-7-8-18(28-4)16(13-15)17-14-29-21(24-17)25-11-5-6-12-25/h7-8,13-14,19,26H,5-6,9-12H2,1-4H3,(H,23,27). The molecular formula is C22H31N3O3S. The van der Waals surface area contributed by atoms with E-state index in [0.717, 1.165) is 29.5 Å². The summed E-state index contributed by atoms with van der Waals surface area (Å²) in [7, 11) is 1.63. The van der Waals surface area contributed by atoms with Crippen LogP contribution in [-0.4, -0.2) is 48.8 Å². The second kappa shape index (κ2) is 9.13. The highest BCUT2D eigenvalue weighted by molar-refractivity contribution is 7.14.